The lowest BCUT2D eigenvalue weighted by Gasteiger charge is -2.04. The standard InChI is InChI=1S/C15H14N4O2S.C14H9F3N4OS/c1-2-21-9-5-6-11-12(8-9)19-15(18-11)13(22-20)10-4-3-7-17-14(10)16;15-14(16,17)7-4-5-8-10(6-7)21-13(20-8)12(23-22)9-2-1-3-11(18)19-9/h3-8H,2H2,1H3,(H2,16,17)(H,18,19);1-6H,(H2,18,19)(H,20,21). The van der Waals surface area contributed by atoms with E-state index in [4.69, 9.17) is 16.2 Å². The number of fused-ring (bicyclic) bond motifs is 2. The second-order valence-corrected chi connectivity index (χ2v) is 10.4. The first-order valence-electron chi connectivity index (χ1n) is 13.1. The minimum absolute atomic E-state index is 0.116. The molecule has 6 aromatic rings. The zero-order valence-corrected chi connectivity index (χ0v) is 24.9. The minimum atomic E-state index is -4.46. The van der Waals surface area contributed by atoms with E-state index in [-0.39, 0.29) is 33.3 Å². The van der Waals surface area contributed by atoms with Gasteiger partial charge in [-0.05, 0) is 61.5 Å². The Morgan fingerprint density at radius 2 is 1.51 bits per heavy atom. The Morgan fingerprint density at radius 3 is 2.13 bits per heavy atom. The maximum absolute atomic E-state index is 12.7. The Morgan fingerprint density at radius 1 is 0.844 bits per heavy atom. The molecular weight excluding hydrogens is 630 g/mol. The van der Waals surface area contributed by atoms with E-state index in [1.54, 1.807) is 36.5 Å². The van der Waals surface area contributed by atoms with Gasteiger partial charge in [0.15, 0.2) is 11.6 Å². The summed E-state index contributed by atoms with van der Waals surface area (Å²) in [5, 5.41) is 0. The first-order valence-corrected chi connectivity index (χ1v) is 14.6. The zero-order chi connectivity index (χ0) is 32.1. The van der Waals surface area contributed by atoms with Crippen molar-refractivity contribution in [2.45, 2.75) is 13.1 Å². The molecule has 0 spiro atoms. The third-order valence-electron chi connectivity index (χ3n) is 6.26. The summed E-state index contributed by atoms with van der Waals surface area (Å²) in [5.41, 5.74) is 13.6. The van der Waals surface area contributed by atoms with E-state index < -0.39 is 11.7 Å². The number of nitrogen functional groups attached to an aromatic ring is 2. The van der Waals surface area contributed by atoms with Crippen LogP contribution in [0.15, 0.2) is 72.9 Å². The van der Waals surface area contributed by atoms with Crippen LogP contribution in [0.2, 0.25) is 0 Å². The molecule has 6 N–H and O–H groups in total. The number of hydrogen-bond donors (Lipinski definition) is 4. The molecule has 16 heteroatoms. The Bertz CT molecular complexity index is 2130. The lowest BCUT2D eigenvalue weighted by atomic mass is 10.2. The maximum atomic E-state index is 12.7. The van der Waals surface area contributed by atoms with Gasteiger partial charge in [0.25, 0.3) is 0 Å². The average Bonchev–Trinajstić information content (AvgIpc) is 3.62. The van der Waals surface area contributed by atoms with Crippen LogP contribution in [0, 0.1) is 0 Å². The van der Waals surface area contributed by atoms with Crippen molar-refractivity contribution in [1.82, 2.24) is 29.9 Å². The molecule has 0 aliphatic carbocycles. The highest BCUT2D eigenvalue weighted by Crippen LogP contribution is 2.31. The fourth-order valence-corrected chi connectivity index (χ4v) is 5.05. The molecule has 6 rings (SSSR count). The van der Waals surface area contributed by atoms with Crippen molar-refractivity contribution < 1.29 is 26.3 Å². The maximum Gasteiger partial charge on any atom is 0.416 e. The van der Waals surface area contributed by atoms with Crippen LogP contribution in [0.4, 0.5) is 24.8 Å². The van der Waals surface area contributed by atoms with Gasteiger partial charge >= 0.3 is 6.18 Å². The van der Waals surface area contributed by atoms with E-state index in [0.717, 1.165) is 28.9 Å². The van der Waals surface area contributed by atoms with E-state index in [1.807, 2.05) is 25.1 Å². The van der Waals surface area contributed by atoms with Gasteiger partial charge in [-0.3, -0.25) is 0 Å². The van der Waals surface area contributed by atoms with E-state index in [0.29, 0.717) is 51.1 Å². The molecule has 0 amide bonds. The summed E-state index contributed by atoms with van der Waals surface area (Å²) < 4.78 is 66.6. The number of pyridine rings is 2. The zero-order valence-electron chi connectivity index (χ0n) is 23.3. The molecule has 230 valence electrons. The quantitative estimate of drug-likeness (QED) is 0.153. The number of aromatic nitrogens is 6. The number of H-pyrrole nitrogens is 2. The molecule has 0 atom stereocenters. The van der Waals surface area contributed by atoms with Crippen LogP contribution >= 0.6 is 0 Å². The lowest BCUT2D eigenvalue weighted by molar-refractivity contribution is -0.137. The smallest absolute Gasteiger partial charge is 0.416 e. The average molecular weight is 653 g/mol. The molecule has 0 bridgehead atoms. The van der Waals surface area contributed by atoms with Gasteiger partial charge in [0, 0.05) is 17.8 Å². The molecular formula is C29H23F3N8O3S2. The van der Waals surface area contributed by atoms with Crippen LogP contribution in [0.25, 0.3) is 22.1 Å². The number of anilines is 2. The molecule has 0 radical (unpaired) electrons. The van der Waals surface area contributed by atoms with E-state index in [1.165, 1.54) is 6.07 Å². The molecule has 0 saturated carbocycles. The predicted molar refractivity (Wildman–Crippen MR) is 168 cm³/mol. The Labute approximate surface area is 260 Å². The first kappa shape index (κ1) is 31.1. The third-order valence-corrected chi connectivity index (χ3v) is 7.41. The molecule has 0 unspecified atom stereocenters. The molecule has 0 saturated heterocycles. The third kappa shape index (κ3) is 6.91. The number of nitrogens with two attached hydrogens (primary N) is 2. The van der Waals surface area contributed by atoms with Gasteiger partial charge in [0.05, 0.1) is 39.9 Å². The van der Waals surface area contributed by atoms with Gasteiger partial charge < -0.3 is 26.2 Å². The Hall–Kier alpha value is -5.35. The molecule has 45 heavy (non-hydrogen) atoms. The number of ether oxygens (including phenoxy) is 1. The summed E-state index contributed by atoms with van der Waals surface area (Å²) in [6, 6.07) is 17.0. The molecule has 4 heterocycles. The second-order valence-electron chi connectivity index (χ2n) is 9.22. The number of halogens is 3. The van der Waals surface area contributed by atoms with Crippen LogP contribution < -0.4 is 16.2 Å². The van der Waals surface area contributed by atoms with Crippen LogP contribution in [-0.4, -0.2) is 54.7 Å². The van der Waals surface area contributed by atoms with Crippen molar-refractivity contribution in [3.63, 3.8) is 0 Å². The van der Waals surface area contributed by atoms with E-state index >= 15 is 0 Å². The summed E-state index contributed by atoms with van der Waals surface area (Å²) in [7, 11) is 0. The molecule has 0 fully saturated rings. The predicted octanol–water partition coefficient (Wildman–Crippen LogP) is 4.06. The monoisotopic (exact) mass is 652 g/mol. The number of alkyl halides is 3. The normalized spacial score (nSPS) is 11.1. The Kier molecular flexibility index (Phi) is 9.06. The first-order chi connectivity index (χ1) is 21.6. The highest BCUT2D eigenvalue weighted by Gasteiger charge is 2.31. The number of rotatable bonds is 6. The number of hydrogen-bond acceptors (Lipinski definition) is 9. The van der Waals surface area contributed by atoms with Gasteiger partial charge in [-0.15, -0.1) is 0 Å². The highest BCUT2D eigenvalue weighted by atomic mass is 32.1. The summed E-state index contributed by atoms with van der Waals surface area (Å²) >= 11 is 0.484. The number of imidazole rings is 2. The number of nitrogens with one attached hydrogen (secondary N) is 2. The van der Waals surface area contributed by atoms with Crippen molar-refractivity contribution in [2.24, 2.45) is 0 Å². The minimum Gasteiger partial charge on any atom is -0.494 e. The topological polar surface area (TPSA) is 179 Å². The van der Waals surface area contributed by atoms with Crippen molar-refractivity contribution in [1.29, 1.82) is 0 Å². The van der Waals surface area contributed by atoms with E-state index in [2.05, 4.69) is 29.9 Å². The van der Waals surface area contributed by atoms with Crippen LogP contribution in [0.5, 0.6) is 5.75 Å². The van der Waals surface area contributed by atoms with Crippen LogP contribution in [0.1, 0.15) is 35.4 Å². The van der Waals surface area contributed by atoms with Gasteiger partial charge in [-0.1, -0.05) is 6.07 Å². The van der Waals surface area contributed by atoms with E-state index in [9.17, 15) is 21.6 Å². The number of aromatic amines is 2. The summed E-state index contributed by atoms with van der Waals surface area (Å²) in [6.45, 7) is 2.51. The molecule has 0 aliphatic heterocycles. The fraction of sp³-hybridized carbons (Fsp3) is 0.103. The molecule has 4 aromatic heterocycles. The Balaban J connectivity index is 0.000000178. The van der Waals surface area contributed by atoms with Crippen molar-refractivity contribution in [3.8, 4) is 5.75 Å². The summed E-state index contributed by atoms with van der Waals surface area (Å²) in [6.07, 6.45) is -2.87. The van der Waals surface area contributed by atoms with Crippen LogP contribution in [0.3, 0.4) is 0 Å². The fourth-order valence-electron chi connectivity index (χ4n) is 4.24. The number of benzene rings is 2. The second kappa shape index (κ2) is 13.1. The van der Waals surface area contributed by atoms with Crippen molar-refractivity contribution in [3.05, 3.63) is 101 Å². The summed E-state index contributed by atoms with van der Waals surface area (Å²) in [5.74, 6) is 1.90. The largest absolute Gasteiger partial charge is 0.494 e. The van der Waals surface area contributed by atoms with Gasteiger partial charge in [-0.25, -0.2) is 28.4 Å². The van der Waals surface area contributed by atoms with Crippen molar-refractivity contribution in [2.75, 3.05) is 18.1 Å². The number of nitrogens with zero attached hydrogens (tertiary/aromatic N) is 4. The molecule has 0 aliphatic rings. The van der Waals surface area contributed by atoms with Gasteiger partial charge in [0.1, 0.15) is 49.6 Å². The molecule has 2 aromatic carbocycles. The molecule has 11 nitrogen and oxygen atoms in total. The van der Waals surface area contributed by atoms with Crippen molar-refractivity contribution >= 4 is 65.9 Å². The lowest BCUT2D eigenvalue weighted by Crippen LogP contribution is -2.09. The SMILES string of the molecule is CCOc1ccc2[nH]c(C(=S=O)c3cccnc3N)nc2c1.Nc1cccc(C(=S=O)c2nc3cc(C(F)(F)F)ccc3[nH]2)n1. The van der Waals surface area contributed by atoms with Crippen LogP contribution in [-0.2, 0) is 28.7 Å². The van der Waals surface area contributed by atoms with Gasteiger partial charge in [0.2, 0.25) is 0 Å². The van der Waals surface area contributed by atoms with Gasteiger partial charge in [-0.2, -0.15) is 13.2 Å². The summed E-state index contributed by atoms with van der Waals surface area (Å²) in [4.78, 5) is 23.1. The highest BCUT2D eigenvalue weighted by molar-refractivity contribution is 7.67.